The molecule has 0 saturated heterocycles. The summed E-state index contributed by atoms with van der Waals surface area (Å²) in [6, 6.07) is 6.24. The quantitative estimate of drug-likeness (QED) is 0.552. The summed E-state index contributed by atoms with van der Waals surface area (Å²) in [5.74, 6) is -0.377. The van der Waals surface area contributed by atoms with Gasteiger partial charge in [-0.25, -0.2) is 0 Å². The first-order chi connectivity index (χ1) is 10.0. The number of nitrogens with zero attached hydrogens (tertiary/aromatic N) is 3. The van der Waals surface area contributed by atoms with Crippen LogP contribution in [0.3, 0.4) is 0 Å². The summed E-state index contributed by atoms with van der Waals surface area (Å²) in [5.41, 5.74) is 0.0195. The van der Waals surface area contributed by atoms with Gasteiger partial charge >= 0.3 is 0 Å². The van der Waals surface area contributed by atoms with Crippen molar-refractivity contribution >= 4 is 27.5 Å². The fourth-order valence-corrected chi connectivity index (χ4v) is 2.28. The van der Waals surface area contributed by atoms with Gasteiger partial charge in [-0.1, -0.05) is 6.07 Å². The van der Waals surface area contributed by atoms with Crippen molar-refractivity contribution in [2.75, 3.05) is 26.8 Å². The van der Waals surface area contributed by atoms with Crippen LogP contribution in [0.25, 0.3) is 0 Å². The average molecular weight is 356 g/mol. The molecule has 0 heterocycles. The summed E-state index contributed by atoms with van der Waals surface area (Å²) in [4.78, 5) is 24.2. The van der Waals surface area contributed by atoms with Crippen molar-refractivity contribution in [1.29, 1.82) is 5.26 Å². The first-order valence-electron chi connectivity index (χ1n) is 6.11. The van der Waals surface area contributed by atoms with Crippen molar-refractivity contribution in [2.24, 2.45) is 0 Å². The maximum Gasteiger partial charge on any atom is 0.284 e. The number of nitro benzene ring substituents is 1. The van der Waals surface area contributed by atoms with Gasteiger partial charge in [-0.3, -0.25) is 14.9 Å². The van der Waals surface area contributed by atoms with Gasteiger partial charge in [-0.05, 0) is 22.0 Å². The molecule has 21 heavy (non-hydrogen) atoms. The second kappa shape index (κ2) is 8.34. The van der Waals surface area contributed by atoms with E-state index in [0.29, 0.717) is 13.2 Å². The summed E-state index contributed by atoms with van der Waals surface area (Å²) in [7, 11) is 1.51. The fraction of sp³-hybridized carbons (Fsp3) is 0.385. The van der Waals surface area contributed by atoms with Gasteiger partial charge in [0, 0.05) is 26.3 Å². The number of carbonyl (C=O) groups is 1. The Hall–Kier alpha value is -1.98. The lowest BCUT2D eigenvalue weighted by Gasteiger charge is -2.21. The molecule has 112 valence electrons. The molecular weight excluding hydrogens is 342 g/mol. The molecule has 1 rings (SSSR count). The molecule has 0 spiro atoms. The van der Waals surface area contributed by atoms with E-state index in [9.17, 15) is 14.9 Å². The molecule has 0 aliphatic rings. The minimum atomic E-state index is -0.560. The van der Waals surface area contributed by atoms with Gasteiger partial charge in [-0.2, -0.15) is 5.26 Å². The highest BCUT2D eigenvalue weighted by Crippen LogP contribution is 2.29. The Kier molecular flexibility index (Phi) is 6.78. The first-order valence-corrected chi connectivity index (χ1v) is 6.90. The van der Waals surface area contributed by atoms with Crippen molar-refractivity contribution in [3.63, 3.8) is 0 Å². The van der Waals surface area contributed by atoms with Gasteiger partial charge in [-0.15, -0.1) is 0 Å². The Bertz CT molecular complexity index is 571. The van der Waals surface area contributed by atoms with E-state index in [0.717, 1.165) is 0 Å². The Labute approximate surface area is 130 Å². The van der Waals surface area contributed by atoms with Crippen LogP contribution in [0, 0.1) is 21.4 Å². The molecule has 0 aromatic heterocycles. The number of carbonyl (C=O) groups excluding carboxylic acids is 1. The largest absolute Gasteiger partial charge is 0.383 e. The number of amides is 1. The normalized spacial score (nSPS) is 9.95. The third-order valence-electron chi connectivity index (χ3n) is 2.75. The molecule has 1 aromatic rings. The smallest absolute Gasteiger partial charge is 0.284 e. The standard InChI is InChI=1S/C13H14BrN3O4/c1-21-9-8-16(7-3-6-15)13(18)10-4-2-5-11(12(10)14)17(19)20/h2,4-5H,3,7-9H2,1H3. The number of benzene rings is 1. The van der Waals surface area contributed by atoms with Crippen LogP contribution in [0.2, 0.25) is 0 Å². The monoisotopic (exact) mass is 355 g/mol. The molecule has 0 aliphatic carbocycles. The van der Waals surface area contributed by atoms with Crippen LogP contribution in [0.5, 0.6) is 0 Å². The Morgan fingerprint density at radius 1 is 1.52 bits per heavy atom. The van der Waals surface area contributed by atoms with Crippen molar-refractivity contribution in [3.05, 3.63) is 38.3 Å². The van der Waals surface area contributed by atoms with E-state index in [1.807, 2.05) is 6.07 Å². The van der Waals surface area contributed by atoms with Crippen LogP contribution >= 0.6 is 15.9 Å². The highest BCUT2D eigenvalue weighted by Gasteiger charge is 2.23. The number of halogens is 1. The molecule has 1 aromatic carbocycles. The molecular formula is C13H14BrN3O4. The molecule has 0 unspecified atom stereocenters. The summed E-state index contributed by atoms with van der Waals surface area (Å²) in [6.45, 7) is 0.879. The Morgan fingerprint density at radius 2 is 2.24 bits per heavy atom. The number of methoxy groups -OCH3 is 1. The van der Waals surface area contributed by atoms with Gasteiger partial charge in [0.15, 0.2) is 0 Å². The number of hydrogen-bond donors (Lipinski definition) is 0. The number of nitriles is 1. The molecule has 0 N–H and O–H groups in total. The number of nitro groups is 1. The zero-order valence-corrected chi connectivity index (χ0v) is 13.0. The first kappa shape index (κ1) is 17.1. The Morgan fingerprint density at radius 3 is 2.81 bits per heavy atom. The van der Waals surface area contributed by atoms with E-state index >= 15 is 0 Å². The molecule has 0 saturated carbocycles. The topological polar surface area (TPSA) is 96.5 Å². The van der Waals surface area contributed by atoms with E-state index < -0.39 is 4.92 Å². The van der Waals surface area contributed by atoms with Gasteiger partial charge in [0.05, 0.1) is 29.6 Å². The maximum atomic E-state index is 12.5. The summed E-state index contributed by atoms with van der Waals surface area (Å²) >= 11 is 3.10. The van der Waals surface area contributed by atoms with Crippen LogP contribution in [0.4, 0.5) is 5.69 Å². The van der Waals surface area contributed by atoms with Gasteiger partial charge in [0.25, 0.3) is 11.6 Å². The molecule has 0 fully saturated rings. The van der Waals surface area contributed by atoms with Crippen LogP contribution in [0.15, 0.2) is 22.7 Å². The summed E-state index contributed by atoms with van der Waals surface area (Å²) < 4.78 is 5.07. The summed E-state index contributed by atoms with van der Waals surface area (Å²) in [6.07, 6.45) is 0.183. The SMILES string of the molecule is COCCN(CCC#N)C(=O)c1cccc([N+](=O)[O-])c1Br. The van der Waals surface area contributed by atoms with Crippen LogP contribution < -0.4 is 0 Å². The van der Waals surface area contributed by atoms with Crippen molar-refractivity contribution in [3.8, 4) is 6.07 Å². The third kappa shape index (κ3) is 4.51. The predicted octanol–water partition coefficient (Wildman–Crippen LogP) is 2.36. The molecule has 1 amide bonds. The van der Waals surface area contributed by atoms with Crippen LogP contribution in [0.1, 0.15) is 16.8 Å². The van der Waals surface area contributed by atoms with E-state index in [1.54, 1.807) is 0 Å². The number of ether oxygens (including phenoxy) is 1. The van der Waals surface area contributed by atoms with Gasteiger partial charge in [0.1, 0.15) is 4.47 Å². The maximum absolute atomic E-state index is 12.5. The molecule has 8 heteroatoms. The zero-order chi connectivity index (χ0) is 15.8. The lowest BCUT2D eigenvalue weighted by Crippen LogP contribution is -2.35. The molecule has 0 radical (unpaired) electrons. The van der Waals surface area contributed by atoms with E-state index in [4.69, 9.17) is 10.00 Å². The lowest BCUT2D eigenvalue weighted by atomic mass is 10.1. The van der Waals surface area contributed by atoms with Crippen molar-refractivity contribution in [2.45, 2.75) is 6.42 Å². The predicted molar refractivity (Wildman–Crippen MR) is 78.8 cm³/mol. The number of rotatable bonds is 7. The molecule has 0 bridgehead atoms. The second-order valence-corrected chi connectivity index (χ2v) is 4.88. The minimum absolute atomic E-state index is 0.138. The molecule has 0 atom stereocenters. The fourth-order valence-electron chi connectivity index (χ4n) is 1.70. The average Bonchev–Trinajstić information content (AvgIpc) is 2.46. The molecule has 0 aliphatic heterocycles. The van der Waals surface area contributed by atoms with E-state index in [-0.39, 0.29) is 34.6 Å². The minimum Gasteiger partial charge on any atom is -0.383 e. The highest BCUT2D eigenvalue weighted by atomic mass is 79.9. The van der Waals surface area contributed by atoms with E-state index in [1.165, 1.54) is 30.2 Å². The number of hydrogen-bond acceptors (Lipinski definition) is 5. The lowest BCUT2D eigenvalue weighted by molar-refractivity contribution is -0.385. The van der Waals surface area contributed by atoms with E-state index in [2.05, 4.69) is 15.9 Å². The van der Waals surface area contributed by atoms with Gasteiger partial charge in [0.2, 0.25) is 0 Å². The Balaban J connectivity index is 3.05. The van der Waals surface area contributed by atoms with Crippen LogP contribution in [-0.4, -0.2) is 42.5 Å². The van der Waals surface area contributed by atoms with Crippen molar-refractivity contribution in [1.82, 2.24) is 4.90 Å². The zero-order valence-electron chi connectivity index (χ0n) is 11.4. The van der Waals surface area contributed by atoms with Crippen molar-refractivity contribution < 1.29 is 14.5 Å². The molecule has 7 nitrogen and oxygen atoms in total. The third-order valence-corrected chi connectivity index (χ3v) is 3.58. The second-order valence-electron chi connectivity index (χ2n) is 4.09. The summed E-state index contributed by atoms with van der Waals surface area (Å²) in [5, 5.41) is 19.5. The van der Waals surface area contributed by atoms with Gasteiger partial charge < -0.3 is 9.64 Å². The highest BCUT2D eigenvalue weighted by molar-refractivity contribution is 9.10. The van der Waals surface area contributed by atoms with Crippen LogP contribution in [-0.2, 0) is 4.74 Å².